The number of aromatic nitrogens is 1. The summed E-state index contributed by atoms with van der Waals surface area (Å²) in [5, 5.41) is 8.85. The van der Waals surface area contributed by atoms with Gasteiger partial charge in [0.25, 0.3) is 0 Å². The van der Waals surface area contributed by atoms with Crippen molar-refractivity contribution in [2.24, 2.45) is 4.99 Å². The molecule has 1 atom stereocenters. The van der Waals surface area contributed by atoms with Crippen LogP contribution in [0.4, 0.5) is 5.69 Å². The van der Waals surface area contributed by atoms with Crippen LogP contribution in [0.3, 0.4) is 0 Å². The van der Waals surface area contributed by atoms with Crippen LogP contribution in [-0.2, 0) is 5.41 Å². The summed E-state index contributed by atoms with van der Waals surface area (Å²) in [4.78, 5) is 5.41. The lowest BCUT2D eigenvalue weighted by atomic mass is 9.81. The monoisotopic (exact) mass is 615 g/mol. The zero-order valence-electron chi connectivity index (χ0n) is 26.9. The Morgan fingerprint density at radius 1 is 0.583 bits per heavy atom. The quantitative estimate of drug-likeness (QED) is 0.210. The Labute approximate surface area is 279 Å². The predicted octanol–water partition coefficient (Wildman–Crippen LogP) is 11.2. The highest BCUT2D eigenvalue weighted by atomic mass is 15.1. The molecule has 0 saturated carbocycles. The highest BCUT2D eigenvalue weighted by Gasteiger charge is 2.36. The van der Waals surface area contributed by atoms with Crippen LogP contribution in [0.1, 0.15) is 47.8 Å². The van der Waals surface area contributed by atoms with Crippen LogP contribution in [0.15, 0.2) is 157 Å². The lowest BCUT2D eigenvalue weighted by Crippen LogP contribution is -2.21. The minimum Gasteiger partial charge on any atom is -0.360 e. The van der Waals surface area contributed by atoms with Crippen molar-refractivity contribution in [1.29, 1.82) is 0 Å². The zero-order valence-corrected chi connectivity index (χ0v) is 26.9. The van der Waals surface area contributed by atoms with Gasteiger partial charge in [0.1, 0.15) is 6.17 Å². The molecule has 0 amide bonds. The molecule has 10 rings (SSSR count). The highest BCUT2D eigenvalue weighted by molar-refractivity contribution is 6.21. The molecule has 3 heteroatoms. The molecule has 2 heterocycles. The summed E-state index contributed by atoms with van der Waals surface area (Å²) in [6, 6.07) is 55.2. The molecule has 1 unspecified atom stereocenters. The van der Waals surface area contributed by atoms with Crippen molar-refractivity contribution in [3.8, 4) is 16.8 Å². The van der Waals surface area contributed by atoms with E-state index in [0.717, 1.165) is 33.8 Å². The van der Waals surface area contributed by atoms with Crippen molar-refractivity contribution < 1.29 is 0 Å². The fourth-order valence-corrected chi connectivity index (χ4v) is 8.26. The van der Waals surface area contributed by atoms with Gasteiger partial charge in [-0.05, 0) is 75.0 Å². The number of aliphatic imine (C=N–C) groups is 1. The van der Waals surface area contributed by atoms with Gasteiger partial charge < -0.3 is 9.88 Å². The molecule has 1 N–H and O–H groups in total. The second-order valence-electron chi connectivity index (χ2n) is 13.6. The minimum atomic E-state index is -0.204. The van der Waals surface area contributed by atoms with Crippen LogP contribution in [-0.4, -0.2) is 10.3 Å². The summed E-state index contributed by atoms with van der Waals surface area (Å²) >= 11 is 0. The van der Waals surface area contributed by atoms with Gasteiger partial charge in [0.05, 0.1) is 16.7 Å². The first kappa shape index (κ1) is 27.2. The first-order chi connectivity index (χ1) is 23.6. The van der Waals surface area contributed by atoms with E-state index in [9.17, 15) is 0 Å². The Hall–Kier alpha value is -5.93. The van der Waals surface area contributed by atoms with Gasteiger partial charge in [-0.25, -0.2) is 0 Å². The smallest absolute Gasteiger partial charge is 0.145 e. The highest BCUT2D eigenvalue weighted by Crippen LogP contribution is 2.49. The van der Waals surface area contributed by atoms with E-state index < -0.39 is 0 Å². The molecule has 1 aliphatic carbocycles. The average Bonchev–Trinajstić information content (AvgIpc) is 3.60. The fraction of sp³-hybridized carbons (Fsp3) is 0.0889. The number of rotatable bonds is 3. The van der Waals surface area contributed by atoms with E-state index in [4.69, 9.17) is 4.99 Å². The van der Waals surface area contributed by atoms with Crippen molar-refractivity contribution in [3.05, 3.63) is 179 Å². The molecule has 48 heavy (non-hydrogen) atoms. The van der Waals surface area contributed by atoms with E-state index in [-0.39, 0.29) is 11.6 Å². The van der Waals surface area contributed by atoms with Crippen molar-refractivity contribution in [3.63, 3.8) is 0 Å². The largest absolute Gasteiger partial charge is 0.360 e. The number of hydrogen-bond donors (Lipinski definition) is 1. The lowest BCUT2D eigenvalue weighted by molar-refractivity contribution is 0.660. The summed E-state index contributed by atoms with van der Waals surface area (Å²) in [5.41, 5.74) is 14.5. The number of hydrogen-bond acceptors (Lipinski definition) is 2. The summed E-state index contributed by atoms with van der Waals surface area (Å²) in [6.07, 6.45) is -0.204. The Morgan fingerprint density at radius 2 is 1.29 bits per heavy atom. The third-order valence-electron chi connectivity index (χ3n) is 10.6. The molecule has 0 fully saturated rings. The molecule has 1 aromatic heterocycles. The Bertz CT molecular complexity index is 2620. The molecule has 0 saturated heterocycles. The summed E-state index contributed by atoms with van der Waals surface area (Å²) in [5.74, 6) is 0. The maximum Gasteiger partial charge on any atom is 0.145 e. The van der Waals surface area contributed by atoms with Gasteiger partial charge in [-0.15, -0.1) is 0 Å². The van der Waals surface area contributed by atoms with Gasteiger partial charge in [-0.1, -0.05) is 129 Å². The first-order valence-electron chi connectivity index (χ1n) is 16.8. The molecule has 0 spiro atoms. The SMILES string of the molecule is CC1(C)c2ccccc2-c2ccc(C3=NC(c4ccc(-n5c6ccccc6c6c7ccccc7ccc65)cc4)Nc4ccccc43)cc21. The Balaban J connectivity index is 1.08. The van der Waals surface area contributed by atoms with Gasteiger partial charge >= 0.3 is 0 Å². The van der Waals surface area contributed by atoms with Crippen LogP contribution >= 0.6 is 0 Å². The number of nitrogens with zero attached hydrogens (tertiary/aromatic N) is 2. The molecule has 228 valence electrons. The number of para-hydroxylation sites is 2. The topological polar surface area (TPSA) is 29.3 Å². The van der Waals surface area contributed by atoms with Crippen LogP contribution in [0, 0.1) is 0 Å². The van der Waals surface area contributed by atoms with Gasteiger partial charge in [-0.2, -0.15) is 0 Å². The van der Waals surface area contributed by atoms with E-state index in [1.807, 2.05) is 0 Å². The Kier molecular flexibility index (Phi) is 5.69. The van der Waals surface area contributed by atoms with Crippen LogP contribution in [0.25, 0.3) is 49.4 Å². The lowest BCUT2D eigenvalue weighted by Gasteiger charge is -2.27. The number of fused-ring (bicyclic) bond motifs is 9. The third kappa shape index (κ3) is 3.85. The van der Waals surface area contributed by atoms with Crippen molar-refractivity contribution >= 4 is 44.0 Å². The standard InChI is InChI=1S/C45H33N3/c1-45(2)37-16-8-5-13-33(37)34-25-21-30(27-38(34)45)43-35-14-6-9-17-39(35)46-44(47-43)29-19-23-31(24-20-29)48-40-18-10-7-15-36(40)42-32-12-4-3-11-28(32)22-26-41(42)48/h3-27,44,46H,1-2H3. The minimum absolute atomic E-state index is 0.0662. The van der Waals surface area contributed by atoms with Crippen LogP contribution in [0.2, 0.25) is 0 Å². The second kappa shape index (κ2) is 10.0. The van der Waals surface area contributed by atoms with Crippen LogP contribution in [0.5, 0.6) is 0 Å². The fourth-order valence-electron chi connectivity index (χ4n) is 8.26. The van der Waals surface area contributed by atoms with E-state index in [1.54, 1.807) is 0 Å². The summed E-state index contributed by atoms with van der Waals surface area (Å²) in [6.45, 7) is 4.67. The normalized spacial score (nSPS) is 16.0. The Morgan fingerprint density at radius 3 is 2.17 bits per heavy atom. The number of benzene rings is 7. The molecule has 7 aromatic carbocycles. The van der Waals surface area contributed by atoms with Gasteiger partial charge in [0, 0.05) is 38.7 Å². The second-order valence-corrected chi connectivity index (χ2v) is 13.6. The van der Waals surface area contributed by atoms with Gasteiger partial charge in [0.15, 0.2) is 0 Å². The molecule has 1 aliphatic heterocycles. The summed E-state index contributed by atoms with van der Waals surface area (Å²) < 4.78 is 2.39. The average molecular weight is 616 g/mol. The molecular weight excluding hydrogens is 583 g/mol. The third-order valence-corrected chi connectivity index (χ3v) is 10.6. The predicted molar refractivity (Wildman–Crippen MR) is 201 cm³/mol. The maximum atomic E-state index is 5.41. The molecule has 0 radical (unpaired) electrons. The van der Waals surface area contributed by atoms with Crippen molar-refractivity contribution in [1.82, 2.24) is 4.57 Å². The van der Waals surface area contributed by atoms with Crippen molar-refractivity contribution in [2.75, 3.05) is 5.32 Å². The molecule has 2 aliphatic rings. The van der Waals surface area contributed by atoms with Gasteiger partial charge in [-0.3, -0.25) is 4.99 Å². The maximum absolute atomic E-state index is 5.41. The first-order valence-corrected chi connectivity index (χ1v) is 16.8. The van der Waals surface area contributed by atoms with Crippen LogP contribution < -0.4 is 5.32 Å². The zero-order chi connectivity index (χ0) is 32.0. The molecule has 0 bridgehead atoms. The molecule has 8 aromatic rings. The van der Waals surface area contributed by atoms with E-state index in [2.05, 4.69) is 175 Å². The van der Waals surface area contributed by atoms with E-state index >= 15 is 0 Å². The van der Waals surface area contributed by atoms with E-state index in [1.165, 1.54) is 54.8 Å². The summed E-state index contributed by atoms with van der Waals surface area (Å²) in [7, 11) is 0. The van der Waals surface area contributed by atoms with Crippen molar-refractivity contribution in [2.45, 2.75) is 25.4 Å². The molecule has 3 nitrogen and oxygen atoms in total. The van der Waals surface area contributed by atoms with E-state index in [0.29, 0.717) is 0 Å². The van der Waals surface area contributed by atoms with Gasteiger partial charge in [0.2, 0.25) is 0 Å². The number of nitrogens with one attached hydrogen (secondary N) is 1. The molecular formula is C45H33N3. The number of anilines is 1.